The van der Waals surface area contributed by atoms with Crippen molar-refractivity contribution in [2.75, 3.05) is 91.2 Å². The monoisotopic (exact) mass is 813 g/mol. The standard InChI is InChI=1S/C38H63N5O12S/c1-28(43-38(50)33(39)24-29-8-10-32(45)11-9-29)34(46)25-30(37(40)49)6-3-4-13-41-35(47)26-55-22-20-53-18-17-52-16-14-42-36(48)27-54-21-19-51-15-5-7-31(44)12-23-56-2/h8-11,28,30,33,45H,3-7,12-27,39H2,1-2H3,(H2,40,49)(H,41,47)(H,42,48)(H,43,50)/t28?,30-,33+/m1/s1. The lowest BCUT2D eigenvalue weighted by atomic mass is 9.93. The molecule has 1 aromatic rings. The minimum absolute atomic E-state index is 0.0783. The zero-order chi connectivity index (χ0) is 41.4. The molecule has 0 heterocycles. The van der Waals surface area contributed by atoms with Gasteiger partial charge >= 0.3 is 0 Å². The molecule has 0 aromatic heterocycles. The van der Waals surface area contributed by atoms with Crippen LogP contribution in [-0.2, 0) is 58.9 Å². The Labute approximate surface area is 334 Å². The maximum atomic E-state index is 12.7. The summed E-state index contributed by atoms with van der Waals surface area (Å²) < 4.78 is 26.8. The fourth-order valence-electron chi connectivity index (χ4n) is 4.95. The molecule has 1 unspecified atom stereocenters. The van der Waals surface area contributed by atoms with Gasteiger partial charge in [-0.2, -0.15) is 11.8 Å². The van der Waals surface area contributed by atoms with E-state index in [1.165, 1.54) is 19.1 Å². The van der Waals surface area contributed by atoms with Gasteiger partial charge in [0.1, 0.15) is 24.7 Å². The maximum Gasteiger partial charge on any atom is 0.246 e. The fourth-order valence-corrected chi connectivity index (χ4v) is 5.39. The smallest absolute Gasteiger partial charge is 0.246 e. The topological polar surface area (TPSA) is 257 Å². The van der Waals surface area contributed by atoms with E-state index in [-0.39, 0.29) is 75.0 Å². The minimum Gasteiger partial charge on any atom is -0.508 e. The Morgan fingerprint density at radius 1 is 0.750 bits per heavy atom. The highest BCUT2D eigenvalue weighted by Gasteiger charge is 2.25. The first-order valence-electron chi connectivity index (χ1n) is 19.0. The van der Waals surface area contributed by atoms with Crippen LogP contribution in [0.5, 0.6) is 5.75 Å². The summed E-state index contributed by atoms with van der Waals surface area (Å²) >= 11 is 1.66. The number of benzene rings is 1. The second-order valence-electron chi connectivity index (χ2n) is 13.0. The number of ether oxygens (including phenoxy) is 5. The predicted molar refractivity (Wildman–Crippen MR) is 211 cm³/mol. The maximum absolute atomic E-state index is 12.7. The van der Waals surface area contributed by atoms with Crippen molar-refractivity contribution in [2.45, 2.75) is 70.4 Å². The quantitative estimate of drug-likeness (QED) is 0.0502. The van der Waals surface area contributed by atoms with Crippen molar-refractivity contribution in [2.24, 2.45) is 17.4 Å². The molecule has 56 heavy (non-hydrogen) atoms. The Hall–Kier alpha value is -3.65. The third kappa shape index (κ3) is 27.0. The lowest BCUT2D eigenvalue weighted by Gasteiger charge is -2.19. The number of aromatic hydroxyl groups is 1. The second kappa shape index (κ2) is 32.4. The number of carbonyl (C=O) groups is 6. The van der Waals surface area contributed by atoms with Gasteiger partial charge in [-0.25, -0.2) is 0 Å². The number of rotatable bonds is 36. The number of unbranched alkanes of at least 4 members (excludes halogenated alkanes) is 1. The summed E-state index contributed by atoms with van der Waals surface area (Å²) in [5, 5.41) is 17.4. The molecule has 0 aliphatic rings. The first-order chi connectivity index (χ1) is 26.9. The van der Waals surface area contributed by atoms with Gasteiger partial charge in [0, 0.05) is 44.9 Å². The average molecular weight is 814 g/mol. The Balaban J connectivity index is 1.99. The number of Topliss-reactive ketones (excluding diaryl/α,β-unsaturated/α-hetero) is 2. The third-order valence-corrected chi connectivity index (χ3v) is 8.81. The highest BCUT2D eigenvalue weighted by molar-refractivity contribution is 7.98. The Bertz CT molecular complexity index is 1290. The molecule has 4 amide bonds. The molecule has 0 bridgehead atoms. The molecular formula is C38H63N5O12S. The summed E-state index contributed by atoms with van der Waals surface area (Å²) in [5.74, 6) is -1.55. The predicted octanol–water partition coefficient (Wildman–Crippen LogP) is 0.416. The summed E-state index contributed by atoms with van der Waals surface area (Å²) in [7, 11) is 0. The van der Waals surface area contributed by atoms with E-state index in [4.69, 9.17) is 35.2 Å². The zero-order valence-corrected chi connectivity index (χ0v) is 33.7. The number of primary amides is 1. The zero-order valence-electron chi connectivity index (χ0n) is 32.9. The largest absolute Gasteiger partial charge is 0.508 e. The summed E-state index contributed by atoms with van der Waals surface area (Å²) in [4.78, 5) is 72.6. The normalized spacial score (nSPS) is 12.7. The minimum atomic E-state index is -0.901. The highest BCUT2D eigenvalue weighted by atomic mass is 32.2. The van der Waals surface area contributed by atoms with E-state index in [2.05, 4.69) is 16.0 Å². The van der Waals surface area contributed by atoms with Crippen molar-refractivity contribution in [1.82, 2.24) is 16.0 Å². The number of ketones is 2. The van der Waals surface area contributed by atoms with Crippen LogP contribution in [0.1, 0.15) is 57.4 Å². The number of thioether (sulfide) groups is 1. The summed E-state index contributed by atoms with van der Waals surface area (Å²) in [6, 6.07) is 4.54. The van der Waals surface area contributed by atoms with Crippen LogP contribution in [0.15, 0.2) is 24.3 Å². The van der Waals surface area contributed by atoms with Gasteiger partial charge in [0.15, 0.2) is 5.78 Å². The lowest BCUT2D eigenvalue weighted by Crippen LogP contribution is -2.48. The van der Waals surface area contributed by atoms with Gasteiger partial charge in [-0.1, -0.05) is 18.6 Å². The molecule has 0 saturated carbocycles. The molecule has 0 radical (unpaired) electrons. The van der Waals surface area contributed by atoms with Gasteiger partial charge < -0.3 is 56.2 Å². The van der Waals surface area contributed by atoms with Gasteiger partial charge in [-0.15, -0.1) is 0 Å². The number of nitrogens with two attached hydrogens (primary N) is 2. The van der Waals surface area contributed by atoms with Gasteiger partial charge in [-0.05, 0) is 62.3 Å². The molecule has 0 spiro atoms. The summed E-state index contributed by atoms with van der Waals surface area (Å²) in [6.45, 7) is 4.56. The number of hydrogen-bond donors (Lipinski definition) is 6. The molecular weight excluding hydrogens is 751 g/mol. The first-order valence-corrected chi connectivity index (χ1v) is 20.4. The highest BCUT2D eigenvalue weighted by Crippen LogP contribution is 2.15. The Morgan fingerprint density at radius 2 is 1.32 bits per heavy atom. The van der Waals surface area contributed by atoms with Crippen molar-refractivity contribution in [1.29, 1.82) is 0 Å². The van der Waals surface area contributed by atoms with E-state index in [0.29, 0.717) is 84.6 Å². The van der Waals surface area contributed by atoms with Crippen molar-refractivity contribution in [3.8, 4) is 5.75 Å². The summed E-state index contributed by atoms with van der Waals surface area (Å²) in [6.07, 6.45) is 5.31. The first kappa shape index (κ1) is 50.4. The number of phenolic OH excluding ortho intramolecular Hbond substituents is 1. The van der Waals surface area contributed by atoms with Crippen LogP contribution in [0.3, 0.4) is 0 Å². The van der Waals surface area contributed by atoms with Gasteiger partial charge in [-0.3, -0.25) is 28.8 Å². The van der Waals surface area contributed by atoms with Gasteiger partial charge in [0.25, 0.3) is 0 Å². The van der Waals surface area contributed by atoms with Crippen molar-refractivity contribution in [3.05, 3.63) is 29.8 Å². The van der Waals surface area contributed by atoms with E-state index in [0.717, 1.165) is 11.3 Å². The van der Waals surface area contributed by atoms with Crippen LogP contribution < -0.4 is 27.4 Å². The molecule has 0 aliphatic heterocycles. The lowest BCUT2D eigenvalue weighted by molar-refractivity contribution is -0.130. The second-order valence-corrected chi connectivity index (χ2v) is 14.0. The molecule has 0 saturated heterocycles. The summed E-state index contributed by atoms with van der Waals surface area (Å²) in [5.41, 5.74) is 12.3. The average Bonchev–Trinajstić information content (AvgIpc) is 3.17. The van der Waals surface area contributed by atoms with E-state index < -0.39 is 29.8 Å². The van der Waals surface area contributed by atoms with Crippen molar-refractivity contribution < 1.29 is 57.6 Å². The molecule has 18 heteroatoms. The van der Waals surface area contributed by atoms with E-state index in [1.807, 2.05) is 6.26 Å². The van der Waals surface area contributed by atoms with Gasteiger partial charge in [0.05, 0.1) is 58.3 Å². The Kier molecular flexibility index (Phi) is 29.2. The number of phenols is 1. The molecule has 318 valence electrons. The van der Waals surface area contributed by atoms with Crippen LogP contribution in [0.4, 0.5) is 0 Å². The van der Waals surface area contributed by atoms with E-state index in [1.54, 1.807) is 23.9 Å². The molecule has 1 aromatic carbocycles. The van der Waals surface area contributed by atoms with Crippen LogP contribution in [0.25, 0.3) is 0 Å². The molecule has 17 nitrogen and oxygen atoms in total. The van der Waals surface area contributed by atoms with E-state index in [9.17, 15) is 33.9 Å². The SMILES string of the molecule is CSCCC(=O)CCCOCCOCC(=O)NCCOCCOCCOCC(=O)NCCCC[C@H](CC(=O)C(C)NC(=O)[C@@H](N)Cc1ccc(O)cc1)C(N)=O. The molecule has 0 fully saturated rings. The van der Waals surface area contributed by atoms with Crippen LogP contribution in [0.2, 0.25) is 0 Å². The molecule has 1 rings (SSSR count). The van der Waals surface area contributed by atoms with Gasteiger partial charge in [0.2, 0.25) is 23.6 Å². The van der Waals surface area contributed by atoms with Crippen molar-refractivity contribution >= 4 is 47.0 Å². The Morgan fingerprint density at radius 3 is 1.93 bits per heavy atom. The molecule has 3 atom stereocenters. The van der Waals surface area contributed by atoms with Crippen LogP contribution in [0, 0.1) is 5.92 Å². The number of nitrogens with one attached hydrogen (secondary N) is 3. The van der Waals surface area contributed by atoms with Crippen LogP contribution >= 0.6 is 11.8 Å². The number of amides is 4. The van der Waals surface area contributed by atoms with Crippen LogP contribution in [-0.4, -0.2) is 144 Å². The molecule has 8 N–H and O–H groups in total. The fraction of sp³-hybridized carbons (Fsp3) is 0.684. The van der Waals surface area contributed by atoms with E-state index >= 15 is 0 Å². The van der Waals surface area contributed by atoms with Crippen molar-refractivity contribution in [3.63, 3.8) is 0 Å². The molecule has 0 aliphatic carbocycles. The third-order valence-electron chi connectivity index (χ3n) is 8.20. The number of carbonyl (C=O) groups excluding carboxylic acids is 6. The number of hydrogen-bond acceptors (Lipinski definition) is 14.